The summed E-state index contributed by atoms with van der Waals surface area (Å²) in [4.78, 5) is 37.1. The second-order valence-electron chi connectivity index (χ2n) is 4.79. The zero-order valence-electron chi connectivity index (χ0n) is 12.0. The van der Waals surface area contributed by atoms with E-state index in [4.69, 9.17) is 5.26 Å². The second-order valence-corrected chi connectivity index (χ2v) is 5.76. The Hall–Kier alpha value is -2.59. The summed E-state index contributed by atoms with van der Waals surface area (Å²) in [5.74, 6) is -0.987. The summed E-state index contributed by atoms with van der Waals surface area (Å²) >= 11 is 0.831. The Morgan fingerprint density at radius 1 is 1.32 bits per heavy atom. The number of allylic oxidation sites excluding steroid dienone is 1. The van der Waals surface area contributed by atoms with Crippen LogP contribution in [0.25, 0.3) is 0 Å². The molecule has 0 aromatic heterocycles. The van der Waals surface area contributed by atoms with Crippen molar-refractivity contribution in [3.63, 3.8) is 0 Å². The van der Waals surface area contributed by atoms with E-state index in [1.165, 1.54) is 0 Å². The quantitative estimate of drug-likeness (QED) is 0.865. The molecule has 7 heteroatoms. The van der Waals surface area contributed by atoms with Crippen molar-refractivity contribution < 1.29 is 14.4 Å². The van der Waals surface area contributed by atoms with Crippen molar-refractivity contribution in [1.82, 2.24) is 4.90 Å². The van der Waals surface area contributed by atoms with E-state index >= 15 is 0 Å². The lowest BCUT2D eigenvalue weighted by Crippen LogP contribution is -2.36. The van der Waals surface area contributed by atoms with E-state index in [1.54, 1.807) is 38.1 Å². The molecule has 0 radical (unpaired) electrons. The Balaban J connectivity index is 2.10. The molecule has 0 unspecified atom stereocenters. The molecule has 0 spiro atoms. The molecule has 1 aromatic carbocycles. The number of hydrogen-bond donors (Lipinski definition) is 1. The van der Waals surface area contributed by atoms with Gasteiger partial charge >= 0.3 is 0 Å². The fourth-order valence-electron chi connectivity index (χ4n) is 1.87. The molecule has 22 heavy (non-hydrogen) atoms. The molecule has 0 aliphatic carbocycles. The minimum atomic E-state index is -0.528. The van der Waals surface area contributed by atoms with Crippen molar-refractivity contribution in [3.05, 3.63) is 40.3 Å². The molecule has 6 nitrogen and oxygen atoms in total. The highest BCUT2D eigenvalue weighted by molar-refractivity contribution is 8.18. The zero-order chi connectivity index (χ0) is 16.3. The number of imide groups is 1. The van der Waals surface area contributed by atoms with Gasteiger partial charge in [-0.3, -0.25) is 19.3 Å². The van der Waals surface area contributed by atoms with E-state index in [-0.39, 0.29) is 6.54 Å². The van der Waals surface area contributed by atoms with Gasteiger partial charge in [0.25, 0.3) is 11.1 Å². The van der Waals surface area contributed by atoms with Gasteiger partial charge in [-0.25, -0.2) is 0 Å². The summed E-state index contributed by atoms with van der Waals surface area (Å²) in [6.45, 7) is 3.10. The minimum Gasteiger partial charge on any atom is -0.323 e. The number of hydrogen-bond acceptors (Lipinski definition) is 5. The van der Waals surface area contributed by atoms with Crippen LogP contribution in [-0.2, 0) is 9.59 Å². The number of nitrogens with one attached hydrogen (secondary N) is 1. The topological polar surface area (TPSA) is 90.3 Å². The predicted molar refractivity (Wildman–Crippen MR) is 82.9 cm³/mol. The van der Waals surface area contributed by atoms with Crippen LogP contribution in [0.4, 0.5) is 10.5 Å². The first-order valence-electron chi connectivity index (χ1n) is 6.44. The fourth-order valence-corrected chi connectivity index (χ4v) is 2.70. The monoisotopic (exact) mass is 315 g/mol. The van der Waals surface area contributed by atoms with Crippen LogP contribution in [0, 0.1) is 11.3 Å². The number of nitriles is 1. The van der Waals surface area contributed by atoms with Crippen molar-refractivity contribution in [2.24, 2.45) is 0 Å². The van der Waals surface area contributed by atoms with Gasteiger partial charge in [-0.15, -0.1) is 0 Å². The number of thioether (sulfide) groups is 1. The summed E-state index contributed by atoms with van der Waals surface area (Å²) in [6.07, 6.45) is 0. The van der Waals surface area contributed by atoms with E-state index in [1.807, 2.05) is 6.07 Å². The second kappa shape index (κ2) is 6.45. The van der Waals surface area contributed by atoms with Crippen molar-refractivity contribution in [1.29, 1.82) is 5.26 Å². The Morgan fingerprint density at radius 2 is 2.00 bits per heavy atom. The SMILES string of the molecule is CC(C)=C1SC(=O)N(CC(=O)Nc2ccccc2C#N)C1=O. The van der Waals surface area contributed by atoms with Crippen molar-refractivity contribution in [2.75, 3.05) is 11.9 Å². The van der Waals surface area contributed by atoms with Gasteiger partial charge in [-0.2, -0.15) is 5.26 Å². The van der Waals surface area contributed by atoms with Crippen LogP contribution in [0.15, 0.2) is 34.7 Å². The highest BCUT2D eigenvalue weighted by Crippen LogP contribution is 2.32. The molecule has 112 valence electrons. The molecule has 3 amide bonds. The van der Waals surface area contributed by atoms with E-state index in [0.717, 1.165) is 22.2 Å². The van der Waals surface area contributed by atoms with Crippen LogP contribution in [0.1, 0.15) is 19.4 Å². The maximum Gasteiger partial charge on any atom is 0.294 e. The third-order valence-corrected chi connectivity index (χ3v) is 4.11. The van der Waals surface area contributed by atoms with E-state index in [9.17, 15) is 14.4 Å². The van der Waals surface area contributed by atoms with Gasteiger partial charge in [0.1, 0.15) is 12.6 Å². The van der Waals surface area contributed by atoms with Crippen LogP contribution in [-0.4, -0.2) is 28.5 Å². The number of benzene rings is 1. The molecule has 1 aromatic rings. The summed E-state index contributed by atoms with van der Waals surface area (Å²) in [5.41, 5.74) is 1.40. The third kappa shape index (κ3) is 3.18. The molecular weight excluding hydrogens is 302 g/mol. The van der Waals surface area contributed by atoms with Crippen LogP contribution in [0.3, 0.4) is 0 Å². The lowest BCUT2D eigenvalue weighted by Gasteiger charge is -2.13. The fraction of sp³-hybridized carbons (Fsp3) is 0.200. The van der Waals surface area contributed by atoms with Gasteiger partial charge in [0.2, 0.25) is 5.91 Å². The summed E-state index contributed by atoms with van der Waals surface area (Å²) < 4.78 is 0. The number of amides is 3. The van der Waals surface area contributed by atoms with E-state index in [0.29, 0.717) is 16.2 Å². The lowest BCUT2D eigenvalue weighted by molar-refractivity contribution is -0.127. The van der Waals surface area contributed by atoms with Crippen LogP contribution in [0.5, 0.6) is 0 Å². The minimum absolute atomic E-state index is 0.314. The maximum atomic E-state index is 12.1. The molecule has 1 saturated heterocycles. The highest BCUT2D eigenvalue weighted by atomic mass is 32.2. The lowest BCUT2D eigenvalue weighted by atomic mass is 10.2. The van der Waals surface area contributed by atoms with E-state index in [2.05, 4.69) is 5.32 Å². The molecule has 1 aliphatic rings. The van der Waals surface area contributed by atoms with Gasteiger partial charge in [0, 0.05) is 0 Å². The highest BCUT2D eigenvalue weighted by Gasteiger charge is 2.36. The molecule has 1 fully saturated rings. The van der Waals surface area contributed by atoms with Gasteiger partial charge in [-0.1, -0.05) is 17.7 Å². The van der Waals surface area contributed by atoms with Gasteiger partial charge in [0.05, 0.1) is 16.2 Å². The number of anilines is 1. The average Bonchev–Trinajstić information content (AvgIpc) is 2.76. The third-order valence-electron chi connectivity index (χ3n) is 2.93. The maximum absolute atomic E-state index is 12.1. The number of carbonyl (C=O) groups is 3. The van der Waals surface area contributed by atoms with Crippen molar-refractivity contribution in [3.8, 4) is 6.07 Å². The first-order chi connectivity index (χ1) is 10.4. The smallest absolute Gasteiger partial charge is 0.294 e. The number of carbonyl (C=O) groups excluding carboxylic acids is 3. The molecule has 0 bridgehead atoms. The van der Waals surface area contributed by atoms with Crippen molar-refractivity contribution in [2.45, 2.75) is 13.8 Å². The summed E-state index contributed by atoms with van der Waals surface area (Å²) in [6, 6.07) is 8.47. The number of nitrogens with zero attached hydrogens (tertiary/aromatic N) is 2. The molecule has 0 saturated carbocycles. The Bertz CT molecular complexity index is 730. The molecule has 0 atom stereocenters. The molecular formula is C15H13N3O3S. The first kappa shape index (κ1) is 15.8. The standard InChI is InChI=1S/C15H13N3O3S/c1-9(2)13-14(20)18(15(21)22-13)8-12(19)17-11-6-4-3-5-10(11)7-16/h3-6H,8H2,1-2H3,(H,17,19). The van der Waals surface area contributed by atoms with E-state index < -0.39 is 17.1 Å². The van der Waals surface area contributed by atoms with Crippen LogP contribution in [0.2, 0.25) is 0 Å². The largest absolute Gasteiger partial charge is 0.323 e. The normalized spacial score (nSPS) is 14.0. The van der Waals surface area contributed by atoms with Crippen LogP contribution < -0.4 is 5.32 Å². The van der Waals surface area contributed by atoms with Gasteiger partial charge in [-0.05, 0) is 37.7 Å². The zero-order valence-corrected chi connectivity index (χ0v) is 12.9. The Kier molecular flexibility index (Phi) is 4.63. The summed E-state index contributed by atoms with van der Waals surface area (Å²) in [7, 11) is 0. The predicted octanol–water partition coefficient (Wildman–Crippen LogP) is 2.49. The summed E-state index contributed by atoms with van der Waals surface area (Å²) in [5, 5.41) is 11.0. The van der Waals surface area contributed by atoms with Gasteiger partial charge in [0.15, 0.2) is 0 Å². The Labute approximate surface area is 131 Å². The molecule has 1 aliphatic heterocycles. The van der Waals surface area contributed by atoms with Crippen molar-refractivity contribution >= 4 is 34.5 Å². The molecule has 1 N–H and O–H groups in total. The number of rotatable bonds is 3. The first-order valence-corrected chi connectivity index (χ1v) is 7.26. The van der Waals surface area contributed by atoms with Crippen LogP contribution >= 0.6 is 11.8 Å². The Morgan fingerprint density at radius 3 is 2.59 bits per heavy atom. The van der Waals surface area contributed by atoms with Gasteiger partial charge < -0.3 is 5.32 Å². The average molecular weight is 315 g/mol. The number of para-hydroxylation sites is 1. The molecule has 1 heterocycles. The molecule has 2 rings (SSSR count).